The number of unbranched alkanes of at least 4 members (excludes halogenated alkanes) is 20. The van der Waals surface area contributed by atoms with E-state index in [0.29, 0.717) is 19.3 Å². The molecule has 71 heavy (non-hydrogen) atoms. The summed E-state index contributed by atoms with van der Waals surface area (Å²) in [6, 6.07) is 0. The molecule has 0 aliphatic heterocycles. The first-order valence-corrected chi connectivity index (χ1v) is 29.0. The third kappa shape index (κ3) is 56.6. The van der Waals surface area contributed by atoms with E-state index in [1.807, 2.05) is 0 Å². The van der Waals surface area contributed by atoms with Gasteiger partial charge in [0, 0.05) is 19.3 Å². The number of hydrogen-bond acceptors (Lipinski definition) is 6. The first-order chi connectivity index (χ1) is 35.0. The fourth-order valence-electron chi connectivity index (χ4n) is 7.57. The average Bonchev–Trinajstić information content (AvgIpc) is 3.37. The first-order valence-electron chi connectivity index (χ1n) is 29.0. The summed E-state index contributed by atoms with van der Waals surface area (Å²) in [7, 11) is 0. The molecule has 6 heteroatoms. The molecule has 0 fully saturated rings. The van der Waals surface area contributed by atoms with Crippen LogP contribution in [0.5, 0.6) is 0 Å². The minimum Gasteiger partial charge on any atom is -0.462 e. The molecular formula is C65H106O6. The monoisotopic (exact) mass is 983 g/mol. The summed E-state index contributed by atoms with van der Waals surface area (Å²) < 4.78 is 16.8. The van der Waals surface area contributed by atoms with Crippen molar-refractivity contribution >= 4 is 17.9 Å². The molecule has 0 radical (unpaired) electrons. The maximum atomic E-state index is 12.8. The predicted octanol–water partition coefficient (Wildman–Crippen LogP) is 19.6. The van der Waals surface area contributed by atoms with Crippen LogP contribution in [0.3, 0.4) is 0 Å². The number of rotatable bonds is 51. The van der Waals surface area contributed by atoms with Gasteiger partial charge in [-0.2, -0.15) is 0 Å². The van der Waals surface area contributed by atoms with Gasteiger partial charge in [0.2, 0.25) is 0 Å². The molecule has 0 aromatic heterocycles. The minimum absolute atomic E-state index is 0.116. The summed E-state index contributed by atoms with van der Waals surface area (Å²) in [4.78, 5) is 38.2. The van der Waals surface area contributed by atoms with Gasteiger partial charge in [0.1, 0.15) is 13.2 Å². The second-order valence-electron chi connectivity index (χ2n) is 18.8. The highest BCUT2D eigenvalue weighted by Gasteiger charge is 2.19. The van der Waals surface area contributed by atoms with E-state index in [9.17, 15) is 14.4 Å². The van der Waals surface area contributed by atoms with E-state index < -0.39 is 6.10 Å². The van der Waals surface area contributed by atoms with Gasteiger partial charge in [-0.1, -0.05) is 226 Å². The predicted molar refractivity (Wildman–Crippen MR) is 306 cm³/mol. The average molecular weight is 984 g/mol. The topological polar surface area (TPSA) is 78.9 Å². The largest absolute Gasteiger partial charge is 0.462 e. The second-order valence-corrected chi connectivity index (χ2v) is 18.8. The van der Waals surface area contributed by atoms with Crippen LogP contribution >= 0.6 is 0 Å². The maximum Gasteiger partial charge on any atom is 0.306 e. The van der Waals surface area contributed by atoms with Crippen molar-refractivity contribution in [1.29, 1.82) is 0 Å². The third-order valence-electron chi connectivity index (χ3n) is 11.9. The zero-order valence-corrected chi connectivity index (χ0v) is 45.9. The smallest absolute Gasteiger partial charge is 0.306 e. The van der Waals surface area contributed by atoms with Crippen molar-refractivity contribution in [2.45, 2.75) is 258 Å². The Morgan fingerprint density at radius 3 is 0.958 bits per heavy atom. The minimum atomic E-state index is -0.827. The molecule has 0 N–H and O–H groups in total. The van der Waals surface area contributed by atoms with E-state index in [-0.39, 0.29) is 37.5 Å². The van der Waals surface area contributed by atoms with E-state index in [4.69, 9.17) is 14.2 Å². The fourth-order valence-corrected chi connectivity index (χ4v) is 7.57. The Balaban J connectivity index is 4.55. The number of esters is 3. The molecule has 6 nitrogen and oxygen atoms in total. The molecule has 0 spiro atoms. The van der Waals surface area contributed by atoms with Crippen molar-refractivity contribution < 1.29 is 28.6 Å². The summed E-state index contributed by atoms with van der Waals surface area (Å²) in [6.07, 6.45) is 80.5. The maximum absolute atomic E-state index is 12.8. The number of carbonyl (C=O) groups is 3. The van der Waals surface area contributed by atoms with Crippen molar-refractivity contribution in [3.05, 3.63) is 122 Å². The number of hydrogen-bond donors (Lipinski definition) is 0. The van der Waals surface area contributed by atoms with Gasteiger partial charge in [-0.05, 0) is 128 Å². The van der Waals surface area contributed by atoms with Gasteiger partial charge < -0.3 is 14.2 Å². The van der Waals surface area contributed by atoms with E-state index >= 15 is 0 Å². The molecule has 0 saturated carbocycles. The highest BCUT2D eigenvalue weighted by Crippen LogP contribution is 2.13. The van der Waals surface area contributed by atoms with Crippen LogP contribution in [0.4, 0.5) is 0 Å². The highest BCUT2D eigenvalue weighted by atomic mass is 16.6. The third-order valence-corrected chi connectivity index (χ3v) is 11.9. The molecule has 0 rings (SSSR count). The Bertz CT molecular complexity index is 1500. The summed E-state index contributed by atoms with van der Waals surface area (Å²) in [5, 5.41) is 0. The van der Waals surface area contributed by atoms with Gasteiger partial charge in [-0.25, -0.2) is 0 Å². The van der Waals surface area contributed by atoms with Crippen LogP contribution in [-0.4, -0.2) is 37.2 Å². The second kappa shape index (κ2) is 58.4. The lowest BCUT2D eigenvalue weighted by molar-refractivity contribution is -0.167. The lowest BCUT2D eigenvalue weighted by Crippen LogP contribution is -2.30. The van der Waals surface area contributed by atoms with Gasteiger partial charge >= 0.3 is 17.9 Å². The molecule has 0 unspecified atom stereocenters. The highest BCUT2D eigenvalue weighted by molar-refractivity contribution is 5.71. The van der Waals surface area contributed by atoms with E-state index in [1.165, 1.54) is 103 Å². The van der Waals surface area contributed by atoms with Crippen LogP contribution in [0, 0.1) is 0 Å². The first kappa shape index (κ1) is 66.8. The van der Waals surface area contributed by atoms with Gasteiger partial charge in [-0.15, -0.1) is 0 Å². The van der Waals surface area contributed by atoms with Crippen LogP contribution in [0.1, 0.15) is 252 Å². The fraction of sp³-hybridized carbons (Fsp3) is 0.646. The zero-order chi connectivity index (χ0) is 51.4. The van der Waals surface area contributed by atoms with Crippen molar-refractivity contribution in [3.8, 4) is 0 Å². The van der Waals surface area contributed by atoms with Crippen LogP contribution in [0.2, 0.25) is 0 Å². The molecule has 0 aliphatic rings. The van der Waals surface area contributed by atoms with Crippen molar-refractivity contribution in [2.24, 2.45) is 0 Å². The molecule has 0 aromatic rings. The van der Waals surface area contributed by atoms with E-state index in [1.54, 1.807) is 0 Å². The number of carbonyl (C=O) groups excluding carboxylic acids is 3. The Morgan fingerprint density at radius 2 is 0.563 bits per heavy atom. The molecule has 0 saturated heterocycles. The molecule has 0 aliphatic carbocycles. The van der Waals surface area contributed by atoms with E-state index in [2.05, 4.69) is 142 Å². The molecule has 1 atom stereocenters. The van der Waals surface area contributed by atoms with Gasteiger partial charge in [0.25, 0.3) is 0 Å². The lowest BCUT2D eigenvalue weighted by Gasteiger charge is -2.18. The quantitative estimate of drug-likeness (QED) is 0.0261. The molecule has 0 heterocycles. The summed E-state index contributed by atoms with van der Waals surface area (Å²) >= 11 is 0. The summed E-state index contributed by atoms with van der Waals surface area (Å²) in [5.41, 5.74) is 0. The normalized spacial score (nSPS) is 13.0. The van der Waals surface area contributed by atoms with Gasteiger partial charge in [0.15, 0.2) is 6.10 Å². The van der Waals surface area contributed by atoms with Crippen molar-refractivity contribution in [1.82, 2.24) is 0 Å². The van der Waals surface area contributed by atoms with Crippen molar-refractivity contribution in [2.75, 3.05) is 13.2 Å². The van der Waals surface area contributed by atoms with Crippen LogP contribution < -0.4 is 0 Å². The molecule has 0 bridgehead atoms. The Kier molecular flexibility index (Phi) is 54.9. The summed E-state index contributed by atoms with van der Waals surface area (Å²) in [6.45, 7) is 6.41. The Labute approximate surface area is 437 Å². The lowest BCUT2D eigenvalue weighted by atomic mass is 10.1. The zero-order valence-electron chi connectivity index (χ0n) is 45.9. The van der Waals surface area contributed by atoms with Crippen molar-refractivity contribution in [3.63, 3.8) is 0 Å². The van der Waals surface area contributed by atoms with E-state index in [0.717, 1.165) is 103 Å². The number of ether oxygens (including phenoxy) is 3. The SMILES string of the molecule is CC/C=C\C/C=C\C/C=C\C/C=C\C/C=C\CCCC(=O)O[C@@H](COC(=O)CCCCC/C=C\C/C=C\C/C=C\C/C=C\CCCCC)COC(=O)CCCCCCCCC/C=C\CCCCCCCC. The molecular weight excluding hydrogens is 877 g/mol. The molecule has 0 aromatic carbocycles. The van der Waals surface area contributed by atoms with Gasteiger partial charge in [-0.3, -0.25) is 14.4 Å². The Hall–Kier alpha value is -4.19. The van der Waals surface area contributed by atoms with Gasteiger partial charge in [0.05, 0.1) is 0 Å². The van der Waals surface area contributed by atoms with Crippen LogP contribution in [0.25, 0.3) is 0 Å². The summed E-state index contributed by atoms with van der Waals surface area (Å²) in [5.74, 6) is -1.01. The van der Waals surface area contributed by atoms with Crippen LogP contribution in [-0.2, 0) is 28.6 Å². The molecule has 402 valence electrons. The standard InChI is InChI=1S/C65H106O6/c1-4-7-10-13-16-19-22-25-28-31-32-35-37-40-43-46-49-52-55-58-64(67)70-61-62(71-65(68)59-56-53-50-47-44-41-38-34-30-27-24-21-18-15-12-9-6-3)60-69-63(66)57-54-51-48-45-42-39-36-33-29-26-23-20-17-14-11-8-5-2/h9,12,16,18-19,21,25-30,32,35,38,40-41,43,47,50,62H,4-8,10-11,13-15,17,20,22-24,31,33-34,36-37,39,42,44-46,48-49,51-61H2,1-3H3/b12-9-,19-16-,21-18-,28-25-,29-26-,30-27-,35-32-,41-38-,43-40-,50-47-/t62-/m1/s1. The Morgan fingerprint density at radius 1 is 0.296 bits per heavy atom. The number of allylic oxidation sites excluding steroid dienone is 20. The van der Waals surface area contributed by atoms with Crippen LogP contribution in [0.15, 0.2) is 122 Å². The molecule has 0 amide bonds.